The van der Waals surface area contributed by atoms with Crippen molar-refractivity contribution in [1.29, 1.82) is 0 Å². The topological polar surface area (TPSA) is 20.2 Å². The van der Waals surface area contributed by atoms with E-state index in [-0.39, 0.29) is 18.3 Å². The predicted octanol–water partition coefficient (Wildman–Crippen LogP) is 3.99. The SMILES string of the molecule is OCC=CC1c2ccccc2C=Cc2ccc(F)cc21. The molecule has 0 aromatic heterocycles. The largest absolute Gasteiger partial charge is 0.392 e. The Labute approximate surface area is 117 Å². The molecule has 0 aliphatic heterocycles. The molecule has 20 heavy (non-hydrogen) atoms. The van der Waals surface area contributed by atoms with Crippen LogP contribution in [0.5, 0.6) is 0 Å². The zero-order valence-corrected chi connectivity index (χ0v) is 11.0. The van der Waals surface area contributed by atoms with Crippen molar-refractivity contribution in [2.75, 3.05) is 6.61 Å². The first-order valence-electron chi connectivity index (χ1n) is 6.63. The third-order valence-electron chi connectivity index (χ3n) is 3.59. The summed E-state index contributed by atoms with van der Waals surface area (Å²) in [5.74, 6) is -0.280. The van der Waals surface area contributed by atoms with Crippen molar-refractivity contribution < 1.29 is 9.50 Å². The number of allylic oxidation sites excluding steroid dienone is 1. The number of aliphatic hydroxyl groups is 1. The van der Waals surface area contributed by atoms with Gasteiger partial charge in [-0.3, -0.25) is 0 Å². The van der Waals surface area contributed by atoms with Gasteiger partial charge in [-0.25, -0.2) is 4.39 Å². The van der Waals surface area contributed by atoms with Crippen molar-refractivity contribution in [2.24, 2.45) is 0 Å². The van der Waals surface area contributed by atoms with Gasteiger partial charge >= 0.3 is 0 Å². The van der Waals surface area contributed by atoms with Gasteiger partial charge < -0.3 is 5.11 Å². The summed E-state index contributed by atoms with van der Waals surface area (Å²) in [5, 5.41) is 9.04. The van der Waals surface area contributed by atoms with Crippen LogP contribution in [0.25, 0.3) is 12.2 Å². The molecule has 1 unspecified atom stereocenters. The van der Waals surface area contributed by atoms with Crippen molar-refractivity contribution in [3.63, 3.8) is 0 Å². The van der Waals surface area contributed by atoms with Gasteiger partial charge in [0.25, 0.3) is 0 Å². The minimum Gasteiger partial charge on any atom is -0.392 e. The second-order valence-corrected chi connectivity index (χ2v) is 4.82. The maximum absolute atomic E-state index is 13.6. The predicted molar refractivity (Wildman–Crippen MR) is 79.8 cm³/mol. The average Bonchev–Trinajstić information content (AvgIpc) is 2.62. The molecule has 2 aromatic rings. The van der Waals surface area contributed by atoms with Gasteiger partial charge in [0.2, 0.25) is 0 Å². The van der Waals surface area contributed by atoms with Crippen LogP contribution in [0, 0.1) is 5.82 Å². The highest BCUT2D eigenvalue weighted by Gasteiger charge is 2.19. The molecule has 0 fully saturated rings. The highest BCUT2D eigenvalue weighted by Crippen LogP contribution is 2.35. The smallest absolute Gasteiger partial charge is 0.123 e. The lowest BCUT2D eigenvalue weighted by Crippen LogP contribution is -2.02. The van der Waals surface area contributed by atoms with Crippen LogP contribution in [0.4, 0.5) is 4.39 Å². The molecule has 0 bridgehead atoms. The molecule has 1 aliphatic rings. The van der Waals surface area contributed by atoms with Crippen LogP contribution in [-0.4, -0.2) is 11.7 Å². The van der Waals surface area contributed by atoms with Crippen molar-refractivity contribution in [2.45, 2.75) is 5.92 Å². The lowest BCUT2D eigenvalue weighted by molar-refractivity contribution is 0.342. The Bertz CT molecular complexity index is 686. The first kappa shape index (κ1) is 12.8. The Morgan fingerprint density at radius 3 is 2.55 bits per heavy atom. The summed E-state index contributed by atoms with van der Waals surface area (Å²) in [5.41, 5.74) is 4.18. The summed E-state index contributed by atoms with van der Waals surface area (Å²) in [6.07, 6.45) is 7.71. The third-order valence-corrected chi connectivity index (χ3v) is 3.59. The molecule has 1 N–H and O–H groups in total. The number of aliphatic hydroxyl groups excluding tert-OH is 1. The quantitative estimate of drug-likeness (QED) is 0.815. The van der Waals surface area contributed by atoms with Crippen molar-refractivity contribution in [3.8, 4) is 0 Å². The fourth-order valence-electron chi connectivity index (χ4n) is 2.66. The van der Waals surface area contributed by atoms with Gasteiger partial charge in [0.05, 0.1) is 6.61 Å². The van der Waals surface area contributed by atoms with E-state index < -0.39 is 0 Å². The fourth-order valence-corrected chi connectivity index (χ4v) is 2.66. The number of hydrogen-bond donors (Lipinski definition) is 1. The maximum Gasteiger partial charge on any atom is 0.123 e. The molecule has 2 aromatic carbocycles. The Balaban J connectivity index is 2.23. The van der Waals surface area contributed by atoms with Crippen LogP contribution in [0.3, 0.4) is 0 Å². The molecule has 100 valence electrons. The maximum atomic E-state index is 13.6. The van der Waals surface area contributed by atoms with Gasteiger partial charge in [-0.1, -0.05) is 54.6 Å². The normalized spacial score (nSPS) is 16.8. The Morgan fingerprint density at radius 1 is 1.00 bits per heavy atom. The van der Waals surface area contributed by atoms with E-state index in [1.807, 2.05) is 36.4 Å². The van der Waals surface area contributed by atoms with Gasteiger partial charge in [-0.15, -0.1) is 0 Å². The van der Waals surface area contributed by atoms with Gasteiger partial charge in [0.1, 0.15) is 5.82 Å². The second-order valence-electron chi connectivity index (χ2n) is 4.82. The molecular weight excluding hydrogens is 251 g/mol. The molecule has 0 saturated carbocycles. The molecule has 3 rings (SSSR count). The van der Waals surface area contributed by atoms with Crippen molar-refractivity contribution >= 4 is 12.2 Å². The summed E-state index contributed by atoms with van der Waals surface area (Å²) >= 11 is 0. The number of rotatable bonds is 2. The van der Waals surface area contributed by atoms with E-state index in [9.17, 15) is 4.39 Å². The van der Waals surface area contributed by atoms with Crippen LogP contribution >= 0.6 is 0 Å². The summed E-state index contributed by atoms with van der Waals surface area (Å²) in [7, 11) is 0. The van der Waals surface area contributed by atoms with E-state index >= 15 is 0 Å². The molecule has 1 aliphatic carbocycles. The Kier molecular flexibility index (Phi) is 3.48. The minimum absolute atomic E-state index is 0.0171. The summed E-state index contributed by atoms with van der Waals surface area (Å²) < 4.78 is 13.6. The number of hydrogen-bond acceptors (Lipinski definition) is 1. The van der Waals surface area contributed by atoms with Crippen molar-refractivity contribution in [3.05, 3.63) is 82.7 Å². The van der Waals surface area contributed by atoms with E-state index in [1.165, 1.54) is 6.07 Å². The monoisotopic (exact) mass is 266 g/mol. The van der Waals surface area contributed by atoms with Crippen LogP contribution in [0.2, 0.25) is 0 Å². The molecule has 1 atom stereocenters. The lowest BCUT2D eigenvalue weighted by Gasteiger charge is -2.17. The molecule has 0 saturated heterocycles. The minimum atomic E-state index is -0.237. The summed E-state index contributed by atoms with van der Waals surface area (Å²) in [4.78, 5) is 0. The van der Waals surface area contributed by atoms with Gasteiger partial charge in [-0.2, -0.15) is 0 Å². The number of benzene rings is 2. The summed E-state index contributed by atoms with van der Waals surface area (Å²) in [6, 6.07) is 12.9. The third kappa shape index (κ3) is 2.30. The number of fused-ring (bicyclic) bond motifs is 2. The molecule has 0 spiro atoms. The van der Waals surface area contributed by atoms with E-state index in [1.54, 1.807) is 18.2 Å². The second kappa shape index (κ2) is 5.43. The molecule has 0 amide bonds. The molecular formula is C18H15FO. The van der Waals surface area contributed by atoms with Crippen LogP contribution < -0.4 is 0 Å². The first-order valence-corrected chi connectivity index (χ1v) is 6.63. The van der Waals surface area contributed by atoms with E-state index in [0.29, 0.717) is 0 Å². The zero-order chi connectivity index (χ0) is 13.9. The van der Waals surface area contributed by atoms with E-state index in [2.05, 4.69) is 6.08 Å². The Morgan fingerprint density at radius 2 is 1.75 bits per heavy atom. The Hall–Kier alpha value is -2.19. The van der Waals surface area contributed by atoms with E-state index in [4.69, 9.17) is 5.11 Å². The highest BCUT2D eigenvalue weighted by atomic mass is 19.1. The first-order chi connectivity index (χ1) is 9.79. The molecule has 2 heteroatoms. The summed E-state index contributed by atoms with van der Waals surface area (Å²) in [6.45, 7) is -0.0171. The van der Waals surface area contributed by atoms with Crippen molar-refractivity contribution in [1.82, 2.24) is 0 Å². The number of halogens is 1. The molecule has 1 nitrogen and oxygen atoms in total. The standard InChI is InChI=1S/C18H15FO/c19-15-10-9-14-8-7-13-4-1-2-5-16(13)17(6-3-11-20)18(14)12-15/h1-10,12,17,20H,11H2. The van der Waals surface area contributed by atoms with Gasteiger partial charge in [-0.05, 0) is 34.4 Å². The highest BCUT2D eigenvalue weighted by molar-refractivity contribution is 5.77. The van der Waals surface area contributed by atoms with E-state index in [0.717, 1.165) is 22.3 Å². The molecule has 0 radical (unpaired) electrons. The average molecular weight is 266 g/mol. The van der Waals surface area contributed by atoms with Gasteiger partial charge in [0, 0.05) is 5.92 Å². The van der Waals surface area contributed by atoms with Crippen LogP contribution in [0.15, 0.2) is 54.6 Å². The zero-order valence-electron chi connectivity index (χ0n) is 11.0. The lowest BCUT2D eigenvalue weighted by atomic mass is 9.87. The fraction of sp³-hybridized carbons (Fsp3) is 0.111. The molecule has 0 heterocycles. The van der Waals surface area contributed by atoms with Crippen LogP contribution in [0.1, 0.15) is 28.2 Å². The van der Waals surface area contributed by atoms with Gasteiger partial charge in [0.15, 0.2) is 0 Å². The van der Waals surface area contributed by atoms with Crippen LogP contribution in [-0.2, 0) is 0 Å².